The van der Waals surface area contributed by atoms with E-state index >= 15 is 0 Å². The molecule has 0 spiro atoms. The molecule has 148 valence electrons. The van der Waals surface area contributed by atoms with Crippen LogP contribution in [0.5, 0.6) is 5.75 Å². The van der Waals surface area contributed by atoms with Gasteiger partial charge in [0.25, 0.3) is 5.91 Å². The van der Waals surface area contributed by atoms with Crippen LogP contribution in [-0.4, -0.2) is 64.7 Å². The largest absolute Gasteiger partial charge is 0.493 e. The van der Waals surface area contributed by atoms with Crippen LogP contribution in [0.2, 0.25) is 0 Å². The number of rotatable bonds is 8. The summed E-state index contributed by atoms with van der Waals surface area (Å²) in [5, 5.41) is 21.7. The zero-order valence-corrected chi connectivity index (χ0v) is 15.4. The van der Waals surface area contributed by atoms with Crippen LogP contribution in [0.1, 0.15) is 43.0 Å². The summed E-state index contributed by atoms with van der Waals surface area (Å²) in [6, 6.07) is 6.97. The summed E-state index contributed by atoms with van der Waals surface area (Å²) in [7, 11) is 0. The van der Waals surface area contributed by atoms with Crippen LogP contribution in [0, 0.1) is 0 Å². The highest BCUT2D eigenvalue weighted by atomic mass is 16.5. The maximum atomic E-state index is 12.3. The first-order valence-corrected chi connectivity index (χ1v) is 9.11. The number of carboxylic acids is 1. The van der Waals surface area contributed by atoms with E-state index in [-0.39, 0.29) is 44.2 Å². The molecule has 1 aromatic rings. The van der Waals surface area contributed by atoms with Crippen LogP contribution in [-0.2, 0) is 9.59 Å². The number of ether oxygens (including phenoxy) is 1. The predicted octanol–water partition coefficient (Wildman–Crippen LogP) is 1.03. The number of carboxylic acid groups (broad SMARTS) is 1. The average Bonchev–Trinajstić information content (AvgIpc) is 2.66. The molecule has 8 nitrogen and oxygen atoms in total. The summed E-state index contributed by atoms with van der Waals surface area (Å²) in [6.07, 6.45) is 0.776. The van der Waals surface area contributed by atoms with Crippen molar-refractivity contribution in [3.05, 3.63) is 29.8 Å². The SMILES string of the molecule is CCOc1ccccc1C(=O)NCCCC(=O)N1CCC(O)(C(=O)O)CC1. The maximum absolute atomic E-state index is 12.3. The number of likely N-dealkylation sites (tertiary alicyclic amines) is 1. The molecule has 0 radical (unpaired) electrons. The lowest BCUT2D eigenvalue weighted by Crippen LogP contribution is -2.50. The molecule has 27 heavy (non-hydrogen) atoms. The number of aliphatic hydroxyl groups is 1. The van der Waals surface area contributed by atoms with E-state index in [1.54, 1.807) is 29.2 Å². The Hall–Kier alpha value is -2.61. The Morgan fingerprint density at radius 1 is 1.22 bits per heavy atom. The molecule has 1 aliphatic rings. The fourth-order valence-electron chi connectivity index (χ4n) is 2.97. The third-order valence-electron chi connectivity index (χ3n) is 4.63. The number of aliphatic carboxylic acids is 1. The molecule has 0 bridgehead atoms. The van der Waals surface area contributed by atoms with E-state index < -0.39 is 11.6 Å². The molecule has 1 saturated heterocycles. The molecule has 8 heteroatoms. The summed E-state index contributed by atoms with van der Waals surface area (Å²) in [4.78, 5) is 37.0. The molecule has 1 heterocycles. The van der Waals surface area contributed by atoms with E-state index in [9.17, 15) is 19.5 Å². The van der Waals surface area contributed by atoms with Gasteiger partial charge in [-0.25, -0.2) is 4.79 Å². The lowest BCUT2D eigenvalue weighted by Gasteiger charge is -2.35. The molecular formula is C19H26N2O6. The van der Waals surface area contributed by atoms with Crippen molar-refractivity contribution in [2.45, 2.75) is 38.2 Å². The van der Waals surface area contributed by atoms with Crippen molar-refractivity contribution in [2.24, 2.45) is 0 Å². The second-order valence-corrected chi connectivity index (χ2v) is 6.51. The number of nitrogens with zero attached hydrogens (tertiary/aromatic N) is 1. The number of para-hydroxylation sites is 1. The van der Waals surface area contributed by atoms with E-state index in [2.05, 4.69) is 5.32 Å². The van der Waals surface area contributed by atoms with E-state index in [1.165, 1.54) is 0 Å². The Kier molecular flexibility index (Phi) is 7.18. The number of hydrogen-bond acceptors (Lipinski definition) is 5. The zero-order chi connectivity index (χ0) is 19.9. The molecule has 0 aliphatic carbocycles. The maximum Gasteiger partial charge on any atom is 0.335 e. The van der Waals surface area contributed by atoms with Crippen molar-refractivity contribution in [3.8, 4) is 5.75 Å². The minimum Gasteiger partial charge on any atom is -0.493 e. The lowest BCUT2D eigenvalue weighted by atomic mass is 9.91. The van der Waals surface area contributed by atoms with Gasteiger partial charge in [-0.05, 0) is 25.5 Å². The summed E-state index contributed by atoms with van der Waals surface area (Å²) in [5.41, 5.74) is -1.28. The first-order valence-electron chi connectivity index (χ1n) is 9.11. The molecule has 1 fully saturated rings. The average molecular weight is 378 g/mol. The minimum atomic E-state index is -1.74. The van der Waals surface area contributed by atoms with Gasteiger partial charge in [-0.15, -0.1) is 0 Å². The van der Waals surface area contributed by atoms with Gasteiger partial charge in [-0.2, -0.15) is 0 Å². The van der Waals surface area contributed by atoms with E-state index in [4.69, 9.17) is 9.84 Å². The predicted molar refractivity (Wildman–Crippen MR) is 97.6 cm³/mol. The number of carbonyl (C=O) groups excluding carboxylic acids is 2. The molecule has 3 N–H and O–H groups in total. The summed E-state index contributed by atoms with van der Waals surface area (Å²) in [5.74, 6) is -1.08. The van der Waals surface area contributed by atoms with Crippen LogP contribution in [0.4, 0.5) is 0 Å². The molecule has 1 aromatic carbocycles. The normalized spacial score (nSPS) is 15.9. The van der Waals surface area contributed by atoms with Crippen LogP contribution < -0.4 is 10.1 Å². The number of hydrogen-bond donors (Lipinski definition) is 3. The van der Waals surface area contributed by atoms with Gasteiger partial charge in [-0.1, -0.05) is 12.1 Å². The highest BCUT2D eigenvalue weighted by Crippen LogP contribution is 2.23. The van der Waals surface area contributed by atoms with Crippen molar-refractivity contribution < 1.29 is 29.3 Å². The molecule has 0 saturated carbocycles. The summed E-state index contributed by atoms with van der Waals surface area (Å²) >= 11 is 0. The summed E-state index contributed by atoms with van der Waals surface area (Å²) < 4.78 is 5.43. The number of benzene rings is 1. The fourth-order valence-corrected chi connectivity index (χ4v) is 2.97. The van der Waals surface area contributed by atoms with Gasteiger partial charge in [-0.3, -0.25) is 9.59 Å². The van der Waals surface area contributed by atoms with E-state index in [1.807, 2.05) is 6.92 Å². The molecule has 0 atom stereocenters. The Morgan fingerprint density at radius 3 is 2.52 bits per heavy atom. The Morgan fingerprint density at radius 2 is 1.89 bits per heavy atom. The monoisotopic (exact) mass is 378 g/mol. The Bertz CT molecular complexity index is 683. The molecular weight excluding hydrogens is 352 g/mol. The zero-order valence-electron chi connectivity index (χ0n) is 15.4. The minimum absolute atomic E-state index is 0.0268. The topological polar surface area (TPSA) is 116 Å². The van der Waals surface area contributed by atoms with Crippen LogP contribution in [0.3, 0.4) is 0 Å². The van der Waals surface area contributed by atoms with E-state index in [0.717, 1.165) is 0 Å². The van der Waals surface area contributed by atoms with Gasteiger partial charge < -0.3 is 25.2 Å². The number of nitrogens with one attached hydrogen (secondary N) is 1. The number of piperidine rings is 1. The number of amides is 2. The van der Waals surface area contributed by atoms with Crippen LogP contribution in [0.25, 0.3) is 0 Å². The van der Waals surface area contributed by atoms with Gasteiger partial charge in [0.05, 0.1) is 12.2 Å². The molecule has 1 aliphatic heterocycles. The van der Waals surface area contributed by atoms with Crippen molar-refractivity contribution in [1.29, 1.82) is 0 Å². The molecule has 2 rings (SSSR count). The molecule has 2 amide bonds. The van der Waals surface area contributed by atoms with Crippen molar-refractivity contribution in [2.75, 3.05) is 26.2 Å². The van der Waals surface area contributed by atoms with Gasteiger partial charge >= 0.3 is 5.97 Å². The second-order valence-electron chi connectivity index (χ2n) is 6.51. The molecule has 0 aromatic heterocycles. The van der Waals surface area contributed by atoms with Crippen molar-refractivity contribution in [3.63, 3.8) is 0 Å². The van der Waals surface area contributed by atoms with E-state index in [0.29, 0.717) is 30.9 Å². The highest BCUT2D eigenvalue weighted by molar-refractivity contribution is 5.96. The third-order valence-corrected chi connectivity index (χ3v) is 4.63. The van der Waals surface area contributed by atoms with Gasteiger partial charge in [0.2, 0.25) is 5.91 Å². The Labute approximate surface area is 158 Å². The standard InChI is InChI=1S/C19H26N2O6/c1-2-27-15-7-4-3-6-14(15)17(23)20-11-5-8-16(22)21-12-9-19(26,10-13-21)18(24)25/h3-4,6-7,26H,2,5,8-13H2,1H3,(H,20,23)(H,24,25). The number of carbonyl (C=O) groups is 3. The lowest BCUT2D eigenvalue weighted by molar-refractivity contribution is -0.165. The Balaban J connectivity index is 1.73. The first-order chi connectivity index (χ1) is 12.9. The summed E-state index contributed by atoms with van der Waals surface area (Å²) in [6.45, 7) is 3.09. The van der Waals surface area contributed by atoms with Crippen molar-refractivity contribution in [1.82, 2.24) is 10.2 Å². The van der Waals surface area contributed by atoms with Gasteiger partial charge in [0.1, 0.15) is 5.75 Å². The first kappa shape index (κ1) is 20.7. The van der Waals surface area contributed by atoms with Crippen molar-refractivity contribution >= 4 is 17.8 Å². The quantitative estimate of drug-likeness (QED) is 0.582. The highest BCUT2D eigenvalue weighted by Gasteiger charge is 2.40. The molecule has 0 unspecified atom stereocenters. The van der Waals surface area contributed by atoms with Gasteiger partial charge in [0, 0.05) is 38.9 Å². The second kappa shape index (κ2) is 9.36. The van der Waals surface area contributed by atoms with Crippen LogP contribution in [0.15, 0.2) is 24.3 Å². The fraction of sp³-hybridized carbons (Fsp3) is 0.526. The van der Waals surface area contributed by atoms with Gasteiger partial charge in [0.15, 0.2) is 5.60 Å². The third kappa shape index (κ3) is 5.43. The van der Waals surface area contributed by atoms with Crippen LogP contribution >= 0.6 is 0 Å². The smallest absolute Gasteiger partial charge is 0.335 e.